The number of carbonyl (C=O) groups is 2. The topological polar surface area (TPSA) is 112 Å². The van der Waals surface area contributed by atoms with Gasteiger partial charge in [-0.15, -0.1) is 0 Å². The number of ketones is 1. The molecule has 0 aromatic carbocycles. The van der Waals surface area contributed by atoms with Crippen LogP contribution in [-0.4, -0.2) is 61.2 Å². The van der Waals surface area contributed by atoms with Crippen molar-refractivity contribution in [3.8, 4) is 6.07 Å². The summed E-state index contributed by atoms with van der Waals surface area (Å²) < 4.78 is 84.3. The van der Waals surface area contributed by atoms with E-state index in [0.717, 1.165) is 0 Å². The molecule has 0 unspecified atom stereocenters. The van der Waals surface area contributed by atoms with E-state index in [9.17, 15) is 35.9 Å². The van der Waals surface area contributed by atoms with Gasteiger partial charge in [0, 0.05) is 12.8 Å². The Morgan fingerprint density at radius 1 is 1.10 bits per heavy atom. The molecular weight excluding hydrogens is 436 g/mol. The highest BCUT2D eigenvalue weighted by Gasteiger charge is 2.58. The Morgan fingerprint density at radius 2 is 1.65 bits per heavy atom. The molecule has 178 valence electrons. The lowest BCUT2D eigenvalue weighted by Gasteiger charge is -2.27. The summed E-state index contributed by atoms with van der Waals surface area (Å²) >= 11 is 0. The van der Waals surface area contributed by atoms with E-state index in [-0.39, 0.29) is 31.4 Å². The third-order valence-electron chi connectivity index (χ3n) is 4.25. The first-order valence-corrected chi connectivity index (χ1v) is 9.13. The molecule has 0 bridgehead atoms. The van der Waals surface area contributed by atoms with Gasteiger partial charge in [0.25, 0.3) is 5.91 Å². The average Bonchev–Trinajstić information content (AvgIpc) is 2.61. The van der Waals surface area contributed by atoms with Gasteiger partial charge in [-0.05, 0) is 33.1 Å². The molecule has 0 aliphatic heterocycles. The summed E-state index contributed by atoms with van der Waals surface area (Å²) in [6.45, 7) is 1.19. The highest BCUT2D eigenvalue weighted by Crippen LogP contribution is 2.35. The quantitative estimate of drug-likeness (QED) is 0.248. The molecule has 2 N–H and O–H groups in total. The Morgan fingerprint density at radius 3 is 2.10 bits per heavy atom. The smallest absolute Gasteiger partial charge is 0.369 e. The number of nitrogens with zero attached hydrogens (tertiary/aromatic N) is 1. The van der Waals surface area contributed by atoms with Crippen LogP contribution in [0.5, 0.6) is 0 Å². The molecule has 0 aromatic rings. The van der Waals surface area contributed by atoms with Gasteiger partial charge in [-0.1, -0.05) is 6.42 Å². The fraction of sp³-hybridized carbons (Fsp3) is 0.778. The van der Waals surface area contributed by atoms with E-state index < -0.39 is 48.4 Å². The Labute approximate surface area is 175 Å². The maximum Gasteiger partial charge on any atom is 0.423 e. The van der Waals surface area contributed by atoms with Crippen molar-refractivity contribution in [1.29, 1.82) is 10.7 Å². The summed E-state index contributed by atoms with van der Waals surface area (Å²) in [4.78, 5) is 24.5. The van der Waals surface area contributed by atoms with E-state index in [1.54, 1.807) is 6.07 Å². The zero-order valence-corrected chi connectivity index (χ0v) is 17.2. The molecule has 31 heavy (non-hydrogen) atoms. The van der Waals surface area contributed by atoms with Crippen molar-refractivity contribution in [2.45, 2.75) is 76.1 Å². The van der Waals surface area contributed by atoms with Gasteiger partial charge >= 0.3 is 12.4 Å². The van der Waals surface area contributed by atoms with E-state index >= 15 is 0 Å². The predicted molar refractivity (Wildman–Crippen MR) is 96.3 cm³/mol. The second-order valence-electron chi connectivity index (χ2n) is 7.17. The molecule has 0 heterocycles. The number of alkyl halides is 6. The number of nitrogens with one attached hydrogen (secondary N) is 2. The van der Waals surface area contributed by atoms with Crippen LogP contribution in [0.2, 0.25) is 0 Å². The molecule has 0 aromatic heterocycles. The normalized spacial score (nSPS) is 13.6. The van der Waals surface area contributed by atoms with Gasteiger partial charge in [0.2, 0.25) is 6.10 Å². The molecule has 13 heteroatoms. The molecule has 0 fully saturated rings. The zero-order chi connectivity index (χ0) is 24.5. The highest BCUT2D eigenvalue weighted by molar-refractivity contribution is 5.92. The monoisotopic (exact) mass is 461 g/mol. The molecule has 0 saturated heterocycles. The number of hydrogen-bond acceptors (Lipinski definition) is 6. The second kappa shape index (κ2) is 12.0. The van der Waals surface area contributed by atoms with Crippen LogP contribution in [0.1, 0.15) is 46.0 Å². The van der Waals surface area contributed by atoms with Gasteiger partial charge in [0.15, 0.2) is 5.78 Å². The minimum Gasteiger partial charge on any atom is -0.369 e. The average molecular weight is 461 g/mol. The molecule has 1 atom stereocenters. The van der Waals surface area contributed by atoms with E-state index in [2.05, 4.69) is 10.1 Å². The van der Waals surface area contributed by atoms with Gasteiger partial charge in [-0.2, -0.15) is 31.6 Å². The number of Topliss-reactive ketones (excluding diaryl/α,β-unsaturated/α-hetero) is 1. The molecule has 0 saturated carbocycles. The lowest BCUT2D eigenvalue weighted by Crippen LogP contribution is -2.52. The molecular formula is C18H25F6N3O4. The molecule has 7 nitrogen and oxygen atoms in total. The van der Waals surface area contributed by atoms with Crippen LogP contribution in [0.4, 0.5) is 26.3 Å². The Bertz CT molecular complexity index is 657. The van der Waals surface area contributed by atoms with Crippen molar-refractivity contribution in [2.24, 2.45) is 0 Å². The third kappa shape index (κ3) is 10.6. The van der Waals surface area contributed by atoms with Crippen LogP contribution >= 0.6 is 0 Å². The Hall–Kier alpha value is -2.20. The van der Waals surface area contributed by atoms with Crippen molar-refractivity contribution in [3.63, 3.8) is 0 Å². The number of methoxy groups -OCH3 is 1. The van der Waals surface area contributed by atoms with Crippen molar-refractivity contribution < 1.29 is 45.4 Å². The summed E-state index contributed by atoms with van der Waals surface area (Å²) in [6, 6.07) is 0.364. The molecule has 0 aliphatic carbocycles. The summed E-state index contributed by atoms with van der Waals surface area (Å²) in [5, 5.41) is 18.3. The number of rotatable bonds is 13. The van der Waals surface area contributed by atoms with E-state index in [0.29, 0.717) is 6.42 Å². The first-order chi connectivity index (χ1) is 14.1. The van der Waals surface area contributed by atoms with Gasteiger partial charge in [0.05, 0.1) is 18.5 Å². The number of unbranched alkanes of at least 4 members (excludes halogenated alkanes) is 1. The van der Waals surface area contributed by atoms with Crippen LogP contribution in [0.25, 0.3) is 0 Å². The minimum absolute atomic E-state index is 0.0920. The first-order valence-electron chi connectivity index (χ1n) is 9.13. The van der Waals surface area contributed by atoms with Crippen LogP contribution < -0.4 is 5.32 Å². The Kier molecular flexibility index (Phi) is 11.1. The van der Waals surface area contributed by atoms with Gasteiger partial charge in [0.1, 0.15) is 12.2 Å². The van der Waals surface area contributed by atoms with Gasteiger partial charge in [-0.25, -0.2) is 0 Å². The summed E-state index contributed by atoms with van der Waals surface area (Å²) in [5.41, 5.74) is -1.27. The largest absolute Gasteiger partial charge is 0.423 e. The lowest BCUT2D eigenvalue weighted by molar-refractivity contribution is -0.319. The number of halogens is 6. The van der Waals surface area contributed by atoms with E-state index in [1.165, 1.54) is 21.0 Å². The van der Waals surface area contributed by atoms with Gasteiger partial charge in [-0.3, -0.25) is 9.59 Å². The standard InChI is InChI=1S/C18H25F6N3O4/c1-16(2,30-3)15(29)27-12(7-5-4-6-11(26)8-9-25)13(28)10-31-14(17(19,20)21)18(22,23)24/h12,14,26H,4-8,10H2,1-3H3,(H,27,29)/t12-/m0/s1. The number of hydrogen-bond donors (Lipinski definition) is 2. The fourth-order valence-electron chi connectivity index (χ4n) is 2.25. The van der Waals surface area contributed by atoms with Crippen molar-refractivity contribution in [2.75, 3.05) is 13.7 Å². The molecule has 0 rings (SSSR count). The maximum atomic E-state index is 12.6. The molecule has 0 radical (unpaired) electrons. The van der Waals surface area contributed by atoms with Crippen LogP contribution in [0.3, 0.4) is 0 Å². The number of nitriles is 1. The minimum atomic E-state index is -5.77. The van der Waals surface area contributed by atoms with E-state index in [1.807, 2.05) is 0 Å². The van der Waals surface area contributed by atoms with Crippen LogP contribution in [0, 0.1) is 16.7 Å². The molecule has 0 spiro atoms. The fourth-order valence-corrected chi connectivity index (χ4v) is 2.25. The maximum absolute atomic E-state index is 12.6. The Balaban J connectivity index is 5.20. The predicted octanol–water partition coefficient (Wildman–Crippen LogP) is 3.47. The molecule has 1 amide bonds. The first kappa shape index (κ1) is 28.8. The third-order valence-corrected chi connectivity index (χ3v) is 4.25. The second-order valence-corrected chi connectivity index (χ2v) is 7.17. The summed E-state index contributed by atoms with van der Waals surface area (Å²) in [7, 11) is 1.21. The van der Waals surface area contributed by atoms with Crippen LogP contribution in [0.15, 0.2) is 0 Å². The lowest BCUT2D eigenvalue weighted by atomic mass is 10.0. The number of carbonyl (C=O) groups excluding carboxylic acids is 2. The van der Waals surface area contributed by atoms with Crippen LogP contribution in [-0.2, 0) is 19.1 Å². The SMILES string of the molecule is COC(C)(C)C(=O)N[C@@H](CCCCC(=N)CC#N)C(=O)COC(C(F)(F)F)C(F)(F)F. The summed E-state index contributed by atoms with van der Waals surface area (Å²) in [6.07, 6.45) is -15.1. The highest BCUT2D eigenvalue weighted by atomic mass is 19.4. The van der Waals surface area contributed by atoms with Gasteiger partial charge < -0.3 is 20.2 Å². The van der Waals surface area contributed by atoms with E-state index in [4.69, 9.17) is 15.4 Å². The number of ether oxygens (including phenoxy) is 2. The molecule has 0 aliphatic rings. The zero-order valence-electron chi connectivity index (χ0n) is 17.2. The van der Waals surface area contributed by atoms with Crippen molar-refractivity contribution >= 4 is 17.4 Å². The van der Waals surface area contributed by atoms with Crippen molar-refractivity contribution in [3.05, 3.63) is 0 Å². The summed E-state index contributed by atoms with van der Waals surface area (Å²) in [5.74, 6) is -1.97. The number of amides is 1. The van der Waals surface area contributed by atoms with Crippen molar-refractivity contribution in [1.82, 2.24) is 5.32 Å².